The number of piperidine rings is 1. The molecule has 2 aromatic rings. The molecule has 1 heterocycles. The van der Waals surface area contributed by atoms with E-state index in [0.717, 1.165) is 57.0 Å². The zero-order valence-electron chi connectivity index (χ0n) is 24.3. The normalized spacial score (nSPS) is 16.9. The van der Waals surface area contributed by atoms with Gasteiger partial charge in [0, 0.05) is 32.4 Å². The highest BCUT2D eigenvalue weighted by atomic mass is 19.1. The average Bonchev–Trinajstić information content (AvgIpc) is 2.94. The number of carbonyl (C=O) groups excluding carboxylic acids is 1. The number of hydrogen-bond acceptors (Lipinski definition) is 5. The van der Waals surface area contributed by atoms with E-state index >= 15 is 0 Å². The minimum atomic E-state index is -0.955. The van der Waals surface area contributed by atoms with E-state index in [-0.39, 0.29) is 24.9 Å². The van der Waals surface area contributed by atoms with E-state index < -0.39 is 23.8 Å². The third-order valence-electron chi connectivity index (χ3n) is 7.76. The van der Waals surface area contributed by atoms with Crippen molar-refractivity contribution in [1.29, 1.82) is 0 Å². The number of halogens is 2. The first-order valence-electron chi connectivity index (χ1n) is 14.9. The number of nitrogens with one attached hydrogen (secondary N) is 2. The number of aryl methyl sites for hydroxylation is 1. The number of ether oxygens (including phenoxy) is 1. The van der Waals surface area contributed by atoms with Crippen LogP contribution < -0.4 is 10.6 Å². The zero-order chi connectivity index (χ0) is 28.9. The van der Waals surface area contributed by atoms with Crippen molar-refractivity contribution in [3.05, 3.63) is 70.8 Å². The Balaban J connectivity index is 1.68. The lowest BCUT2D eigenvalue weighted by atomic mass is 9.95. The quantitative estimate of drug-likeness (QED) is 0.280. The number of aliphatic hydroxyl groups excluding tert-OH is 1. The van der Waals surface area contributed by atoms with Gasteiger partial charge in [-0.15, -0.1) is 0 Å². The molecular formula is C32H47F2N3O3. The van der Waals surface area contributed by atoms with E-state index in [2.05, 4.69) is 41.5 Å². The maximum Gasteiger partial charge on any atom is 0.237 e. The Morgan fingerprint density at radius 3 is 2.40 bits per heavy atom. The van der Waals surface area contributed by atoms with Crippen molar-refractivity contribution in [2.45, 2.75) is 84.0 Å². The van der Waals surface area contributed by atoms with E-state index in [0.29, 0.717) is 31.1 Å². The highest BCUT2D eigenvalue weighted by molar-refractivity contribution is 5.82. The molecule has 1 unspecified atom stereocenters. The van der Waals surface area contributed by atoms with Crippen molar-refractivity contribution in [2.75, 3.05) is 32.8 Å². The second-order valence-electron chi connectivity index (χ2n) is 10.9. The maximum atomic E-state index is 14.0. The molecule has 8 heteroatoms. The summed E-state index contributed by atoms with van der Waals surface area (Å²) in [6, 6.07) is 10.6. The van der Waals surface area contributed by atoms with Crippen LogP contribution >= 0.6 is 0 Å². The Labute approximate surface area is 238 Å². The minimum absolute atomic E-state index is 0.115. The number of aliphatic hydroxyl groups is 1. The summed E-state index contributed by atoms with van der Waals surface area (Å²) < 4.78 is 33.5. The number of hydrogen-bond donors (Lipinski definition) is 3. The summed E-state index contributed by atoms with van der Waals surface area (Å²) in [6.07, 6.45) is 3.60. The van der Waals surface area contributed by atoms with Crippen LogP contribution in [0.25, 0.3) is 0 Å². The van der Waals surface area contributed by atoms with Gasteiger partial charge in [0.25, 0.3) is 0 Å². The van der Waals surface area contributed by atoms with Gasteiger partial charge in [0.05, 0.1) is 18.2 Å². The van der Waals surface area contributed by atoms with Gasteiger partial charge in [-0.25, -0.2) is 8.78 Å². The fourth-order valence-electron chi connectivity index (χ4n) is 5.48. The molecule has 0 saturated carbocycles. The van der Waals surface area contributed by atoms with Gasteiger partial charge in [-0.1, -0.05) is 44.5 Å². The molecule has 1 amide bonds. The smallest absolute Gasteiger partial charge is 0.237 e. The van der Waals surface area contributed by atoms with Crippen LogP contribution in [0.5, 0.6) is 0 Å². The fourth-order valence-corrected chi connectivity index (χ4v) is 5.48. The van der Waals surface area contributed by atoms with Gasteiger partial charge in [-0.3, -0.25) is 9.69 Å². The van der Waals surface area contributed by atoms with E-state index in [1.807, 2.05) is 19.1 Å². The van der Waals surface area contributed by atoms with Gasteiger partial charge in [-0.2, -0.15) is 0 Å². The lowest BCUT2D eigenvalue weighted by Gasteiger charge is -2.37. The molecule has 6 nitrogen and oxygen atoms in total. The second-order valence-corrected chi connectivity index (χ2v) is 10.9. The first-order chi connectivity index (χ1) is 19.3. The number of rotatable bonds is 16. The third kappa shape index (κ3) is 10.2. The summed E-state index contributed by atoms with van der Waals surface area (Å²) in [4.78, 5) is 15.9. The molecule has 3 N–H and O–H groups in total. The summed E-state index contributed by atoms with van der Waals surface area (Å²) in [5.74, 6) is -1.01. The van der Waals surface area contributed by atoms with E-state index in [4.69, 9.17) is 4.74 Å². The van der Waals surface area contributed by atoms with E-state index in [1.165, 1.54) is 17.7 Å². The lowest BCUT2D eigenvalue weighted by Crippen LogP contribution is -2.56. The third-order valence-corrected chi connectivity index (χ3v) is 7.76. The highest BCUT2D eigenvalue weighted by Crippen LogP contribution is 2.22. The molecule has 2 aromatic carbocycles. The van der Waals surface area contributed by atoms with Crippen molar-refractivity contribution in [2.24, 2.45) is 5.92 Å². The first kappa shape index (κ1) is 32.1. The Morgan fingerprint density at radius 1 is 1.05 bits per heavy atom. The maximum absolute atomic E-state index is 14.0. The molecule has 0 radical (unpaired) electrons. The molecule has 0 bridgehead atoms. The summed E-state index contributed by atoms with van der Waals surface area (Å²) in [5.41, 5.74) is 2.73. The minimum Gasteiger partial charge on any atom is -0.390 e. The number of amides is 1. The summed E-state index contributed by atoms with van der Waals surface area (Å²) >= 11 is 0. The molecule has 3 rings (SSSR count). The van der Waals surface area contributed by atoms with Crippen LogP contribution in [0, 0.1) is 17.6 Å². The Kier molecular flexibility index (Phi) is 13.5. The monoisotopic (exact) mass is 559 g/mol. The fraction of sp³-hybridized carbons (Fsp3) is 0.594. The number of nitrogens with zero attached hydrogens (tertiary/aromatic N) is 1. The van der Waals surface area contributed by atoms with Gasteiger partial charge in [0.15, 0.2) is 0 Å². The molecule has 40 heavy (non-hydrogen) atoms. The number of likely N-dealkylation sites (tertiary alicyclic amines) is 1. The second kappa shape index (κ2) is 16.8. The van der Waals surface area contributed by atoms with Gasteiger partial charge >= 0.3 is 0 Å². The van der Waals surface area contributed by atoms with Crippen molar-refractivity contribution >= 4 is 5.91 Å². The van der Waals surface area contributed by atoms with Crippen molar-refractivity contribution in [1.82, 2.24) is 15.5 Å². The zero-order valence-corrected chi connectivity index (χ0v) is 24.3. The van der Waals surface area contributed by atoms with Crippen LogP contribution in [-0.4, -0.2) is 66.9 Å². The van der Waals surface area contributed by atoms with Gasteiger partial charge in [-0.05, 0) is 86.9 Å². The predicted octanol–water partition coefficient (Wildman–Crippen LogP) is 4.62. The Morgan fingerprint density at radius 2 is 1.75 bits per heavy atom. The topological polar surface area (TPSA) is 73.8 Å². The van der Waals surface area contributed by atoms with E-state index in [9.17, 15) is 18.7 Å². The van der Waals surface area contributed by atoms with Crippen molar-refractivity contribution in [3.8, 4) is 0 Å². The summed E-state index contributed by atoms with van der Waals surface area (Å²) in [6.45, 7) is 10.0. The molecular weight excluding hydrogens is 512 g/mol. The molecule has 222 valence electrons. The van der Waals surface area contributed by atoms with E-state index in [1.54, 1.807) is 0 Å². The van der Waals surface area contributed by atoms with Crippen molar-refractivity contribution < 1.29 is 23.4 Å². The van der Waals surface area contributed by atoms with Crippen LogP contribution in [0.4, 0.5) is 8.78 Å². The van der Waals surface area contributed by atoms with Gasteiger partial charge < -0.3 is 20.5 Å². The highest BCUT2D eigenvalue weighted by Gasteiger charge is 2.32. The molecule has 1 aliphatic rings. The largest absolute Gasteiger partial charge is 0.390 e. The Hall–Kier alpha value is -2.39. The number of carbonyl (C=O) groups is 1. The van der Waals surface area contributed by atoms with Crippen LogP contribution in [0.1, 0.15) is 63.1 Å². The summed E-state index contributed by atoms with van der Waals surface area (Å²) in [7, 11) is 0. The molecule has 1 aliphatic heterocycles. The van der Waals surface area contributed by atoms with Crippen molar-refractivity contribution in [3.63, 3.8) is 0 Å². The van der Waals surface area contributed by atoms with Gasteiger partial charge in [0.1, 0.15) is 11.6 Å². The van der Waals surface area contributed by atoms with Gasteiger partial charge in [0.2, 0.25) is 5.91 Å². The molecule has 0 aromatic heterocycles. The standard InChI is InChI=1S/C32H47F2N3O3/c1-4-8-30(37-13-11-24(12-14-37)22-40-6-3)32(39)36-29(18-26-16-27(33)19-28(34)17-26)31(38)21-35-20-25-10-7-9-23(5-2)15-25/h7,9-10,15-17,19,24,29-31,35,38H,4-6,8,11-14,18,20-22H2,1-3H3,(H,36,39)/t29-,30?,31+/m0/s1. The molecule has 1 fully saturated rings. The molecule has 0 spiro atoms. The Bertz CT molecular complexity index is 1030. The average molecular weight is 560 g/mol. The number of benzene rings is 2. The lowest BCUT2D eigenvalue weighted by molar-refractivity contribution is -0.129. The first-order valence-corrected chi connectivity index (χ1v) is 14.9. The van der Waals surface area contributed by atoms with Crippen LogP contribution in [0.2, 0.25) is 0 Å². The van der Waals surface area contributed by atoms with Crippen LogP contribution in [-0.2, 0) is 28.9 Å². The molecule has 3 atom stereocenters. The SMILES string of the molecule is CCCC(C(=O)N[C@@H](Cc1cc(F)cc(F)c1)[C@H](O)CNCc1cccc(CC)c1)N1CCC(COCC)CC1. The molecule has 0 aliphatic carbocycles. The van der Waals surface area contributed by atoms with Crippen LogP contribution in [0.3, 0.4) is 0 Å². The molecule has 1 saturated heterocycles. The summed E-state index contributed by atoms with van der Waals surface area (Å²) in [5, 5.41) is 17.5. The van der Waals surface area contributed by atoms with Crippen LogP contribution in [0.15, 0.2) is 42.5 Å². The predicted molar refractivity (Wildman–Crippen MR) is 155 cm³/mol.